The van der Waals surface area contributed by atoms with Crippen LogP contribution in [0.1, 0.15) is 23.4 Å². The van der Waals surface area contributed by atoms with Crippen molar-refractivity contribution in [2.45, 2.75) is 26.7 Å². The van der Waals surface area contributed by atoms with Gasteiger partial charge in [-0.3, -0.25) is 4.79 Å². The van der Waals surface area contributed by atoms with Crippen LogP contribution in [0.2, 0.25) is 0 Å². The number of benzene rings is 2. The van der Waals surface area contributed by atoms with Crippen molar-refractivity contribution < 1.29 is 23.7 Å². The van der Waals surface area contributed by atoms with Crippen LogP contribution in [-0.2, 0) is 11.2 Å². The van der Waals surface area contributed by atoms with Gasteiger partial charge in [-0.1, -0.05) is 0 Å². The number of anilines is 1. The summed E-state index contributed by atoms with van der Waals surface area (Å²) in [4.78, 5) is 17.5. The average Bonchev–Trinajstić information content (AvgIpc) is 3.32. The molecule has 36 heavy (non-hydrogen) atoms. The van der Waals surface area contributed by atoms with E-state index in [1.54, 1.807) is 46.6 Å². The number of hydrogen-bond acceptors (Lipinski definition) is 7. The Hall–Kier alpha value is -4.27. The first-order chi connectivity index (χ1) is 17.4. The Morgan fingerprint density at radius 1 is 0.889 bits per heavy atom. The van der Waals surface area contributed by atoms with Crippen LogP contribution in [0.15, 0.2) is 42.5 Å². The summed E-state index contributed by atoms with van der Waals surface area (Å²) in [6, 6.07) is 12.8. The first-order valence-electron chi connectivity index (χ1n) is 11.5. The molecule has 0 bridgehead atoms. The van der Waals surface area contributed by atoms with E-state index in [9.17, 15) is 4.79 Å². The number of nitrogens with zero attached hydrogens (tertiary/aromatic N) is 3. The lowest BCUT2D eigenvalue weighted by Crippen LogP contribution is -2.15. The van der Waals surface area contributed by atoms with Crippen LogP contribution in [0.4, 0.5) is 5.69 Å². The molecule has 0 unspecified atom stereocenters. The number of aromatic nitrogens is 3. The highest BCUT2D eigenvalue weighted by Gasteiger charge is 2.16. The monoisotopic (exact) mass is 490 g/mol. The quantitative estimate of drug-likeness (QED) is 0.366. The summed E-state index contributed by atoms with van der Waals surface area (Å²) in [6.45, 7) is 3.94. The molecule has 0 aliphatic carbocycles. The van der Waals surface area contributed by atoms with Gasteiger partial charge in [-0.05, 0) is 50.1 Å². The summed E-state index contributed by atoms with van der Waals surface area (Å²) in [5.41, 5.74) is 5.69. The predicted octanol–water partition coefficient (Wildman–Crippen LogP) is 4.62. The number of ether oxygens (including phenoxy) is 4. The van der Waals surface area contributed by atoms with Gasteiger partial charge in [0.2, 0.25) is 5.91 Å². The van der Waals surface area contributed by atoms with Crippen LogP contribution in [-0.4, -0.2) is 48.9 Å². The van der Waals surface area contributed by atoms with Crippen molar-refractivity contribution in [3.8, 4) is 34.3 Å². The Morgan fingerprint density at radius 3 is 2.22 bits per heavy atom. The normalized spacial score (nSPS) is 10.8. The smallest absolute Gasteiger partial charge is 0.224 e. The van der Waals surface area contributed by atoms with E-state index in [0.29, 0.717) is 35.1 Å². The predicted molar refractivity (Wildman–Crippen MR) is 137 cm³/mol. The van der Waals surface area contributed by atoms with Gasteiger partial charge in [0.1, 0.15) is 23.0 Å². The van der Waals surface area contributed by atoms with Crippen molar-refractivity contribution in [1.29, 1.82) is 0 Å². The molecule has 0 saturated carbocycles. The summed E-state index contributed by atoms with van der Waals surface area (Å²) in [6.07, 6.45) is 0.789. The van der Waals surface area contributed by atoms with Crippen LogP contribution in [0, 0.1) is 13.8 Å². The second kappa shape index (κ2) is 10.6. The molecule has 4 aromatic rings. The first kappa shape index (κ1) is 24.8. The molecule has 0 aliphatic heterocycles. The van der Waals surface area contributed by atoms with Gasteiger partial charge in [0, 0.05) is 41.6 Å². The summed E-state index contributed by atoms with van der Waals surface area (Å²) >= 11 is 0. The van der Waals surface area contributed by atoms with Crippen LogP contribution in [0.5, 0.6) is 23.0 Å². The van der Waals surface area contributed by atoms with E-state index in [0.717, 1.165) is 33.9 Å². The van der Waals surface area contributed by atoms with Crippen molar-refractivity contribution >= 4 is 17.2 Å². The SMILES string of the molecule is COc1cc(OC)cc(-c2cc3nc(C)c(CCC(=O)Nc4cc(OC)ccc4OC)c(C)n3n2)c1. The van der Waals surface area contributed by atoms with Gasteiger partial charge in [-0.2, -0.15) is 5.10 Å². The van der Waals surface area contributed by atoms with Crippen molar-refractivity contribution in [2.24, 2.45) is 0 Å². The molecular formula is C27H30N4O5. The molecule has 1 amide bonds. The van der Waals surface area contributed by atoms with Crippen LogP contribution in [0.25, 0.3) is 16.9 Å². The van der Waals surface area contributed by atoms with Crippen molar-refractivity contribution in [1.82, 2.24) is 14.6 Å². The number of nitrogens with one attached hydrogen (secondary N) is 1. The van der Waals surface area contributed by atoms with E-state index in [-0.39, 0.29) is 12.3 Å². The van der Waals surface area contributed by atoms with Gasteiger partial charge < -0.3 is 24.3 Å². The highest BCUT2D eigenvalue weighted by atomic mass is 16.5. The van der Waals surface area contributed by atoms with E-state index >= 15 is 0 Å². The van der Waals surface area contributed by atoms with Crippen molar-refractivity contribution in [2.75, 3.05) is 33.8 Å². The number of aryl methyl sites for hydroxylation is 2. The molecular weight excluding hydrogens is 460 g/mol. The number of hydrogen-bond donors (Lipinski definition) is 1. The Labute approximate surface area is 210 Å². The maximum Gasteiger partial charge on any atom is 0.224 e. The fourth-order valence-corrected chi connectivity index (χ4v) is 4.15. The zero-order valence-electron chi connectivity index (χ0n) is 21.3. The van der Waals surface area contributed by atoms with Gasteiger partial charge >= 0.3 is 0 Å². The summed E-state index contributed by atoms with van der Waals surface area (Å²) in [5.74, 6) is 2.43. The van der Waals surface area contributed by atoms with E-state index in [2.05, 4.69) is 5.32 Å². The highest BCUT2D eigenvalue weighted by molar-refractivity contribution is 5.92. The van der Waals surface area contributed by atoms with E-state index < -0.39 is 0 Å². The number of methoxy groups -OCH3 is 4. The first-order valence-corrected chi connectivity index (χ1v) is 11.5. The number of carbonyl (C=O) groups excluding carboxylic acids is 1. The van der Waals surface area contributed by atoms with Crippen LogP contribution in [0.3, 0.4) is 0 Å². The molecule has 2 heterocycles. The second-order valence-electron chi connectivity index (χ2n) is 8.28. The maximum absolute atomic E-state index is 12.8. The lowest BCUT2D eigenvalue weighted by atomic mass is 10.1. The fourth-order valence-electron chi connectivity index (χ4n) is 4.15. The second-order valence-corrected chi connectivity index (χ2v) is 8.28. The van der Waals surface area contributed by atoms with E-state index in [1.165, 1.54) is 0 Å². The molecule has 1 N–H and O–H groups in total. The molecule has 188 valence electrons. The Bertz CT molecular complexity index is 1390. The zero-order valence-corrected chi connectivity index (χ0v) is 21.3. The molecule has 0 saturated heterocycles. The molecule has 4 rings (SSSR count). The zero-order chi connectivity index (χ0) is 25.8. The Kier molecular flexibility index (Phi) is 7.28. The van der Waals surface area contributed by atoms with Crippen molar-refractivity contribution in [3.63, 3.8) is 0 Å². The average molecular weight is 491 g/mol. The molecule has 0 spiro atoms. The molecule has 0 aliphatic rings. The summed E-state index contributed by atoms with van der Waals surface area (Å²) in [5, 5.41) is 7.70. The largest absolute Gasteiger partial charge is 0.497 e. The minimum atomic E-state index is -0.134. The molecule has 2 aromatic heterocycles. The van der Waals surface area contributed by atoms with E-state index in [4.69, 9.17) is 29.0 Å². The topological polar surface area (TPSA) is 96.2 Å². The standard InChI is InChI=1S/C27H30N4O5/c1-16-22(8-10-27(32)29-24-14-19(33-3)7-9-25(24)36-6)17(2)31-26(28-16)15-23(30-31)18-11-20(34-4)13-21(12-18)35-5/h7,9,11-15H,8,10H2,1-6H3,(H,29,32). The molecule has 9 heteroatoms. The minimum Gasteiger partial charge on any atom is -0.497 e. The molecule has 0 fully saturated rings. The van der Waals surface area contributed by atoms with Crippen molar-refractivity contribution in [3.05, 3.63) is 59.4 Å². The molecule has 2 aromatic carbocycles. The highest BCUT2D eigenvalue weighted by Crippen LogP contribution is 2.31. The van der Waals surface area contributed by atoms with Crippen LogP contribution < -0.4 is 24.3 Å². The summed E-state index contributed by atoms with van der Waals surface area (Å²) in [7, 11) is 6.37. The van der Waals surface area contributed by atoms with Gasteiger partial charge in [0.15, 0.2) is 5.65 Å². The number of fused-ring (bicyclic) bond motifs is 1. The lowest BCUT2D eigenvalue weighted by molar-refractivity contribution is -0.116. The number of amides is 1. The number of carbonyl (C=O) groups is 1. The number of rotatable bonds is 9. The summed E-state index contributed by atoms with van der Waals surface area (Å²) < 4.78 is 23.2. The Morgan fingerprint density at radius 2 is 1.58 bits per heavy atom. The van der Waals surface area contributed by atoms with Gasteiger partial charge in [-0.25, -0.2) is 9.50 Å². The van der Waals surface area contributed by atoms with Gasteiger partial charge in [-0.15, -0.1) is 0 Å². The van der Waals surface area contributed by atoms with E-state index in [1.807, 2.05) is 42.6 Å². The Balaban J connectivity index is 1.57. The third kappa shape index (κ3) is 5.05. The maximum atomic E-state index is 12.8. The minimum absolute atomic E-state index is 0.134. The molecule has 0 atom stereocenters. The van der Waals surface area contributed by atoms with Gasteiger partial charge in [0.25, 0.3) is 0 Å². The van der Waals surface area contributed by atoms with Gasteiger partial charge in [0.05, 0.1) is 39.8 Å². The fraction of sp³-hybridized carbons (Fsp3) is 0.296. The third-order valence-corrected chi connectivity index (χ3v) is 6.09. The third-order valence-electron chi connectivity index (χ3n) is 6.09. The molecule has 9 nitrogen and oxygen atoms in total. The van der Waals surface area contributed by atoms with Crippen LogP contribution >= 0.6 is 0 Å². The molecule has 0 radical (unpaired) electrons. The lowest BCUT2D eigenvalue weighted by Gasteiger charge is -2.13.